The summed E-state index contributed by atoms with van der Waals surface area (Å²) < 4.78 is 11.2. The molecule has 0 aliphatic rings. The maximum Gasteiger partial charge on any atom is 0.306 e. The second kappa shape index (κ2) is 20.9. The third kappa shape index (κ3) is 21.2. The smallest absolute Gasteiger partial charge is 0.306 e. The molecule has 2 unspecified atom stereocenters. The molecule has 2 N–H and O–H groups in total. The Balaban J connectivity index is 3.56. The molecule has 0 spiro atoms. The number of quaternary nitrogens is 1. The molecule has 0 heterocycles. The first-order valence-corrected chi connectivity index (χ1v) is 13.2. The van der Waals surface area contributed by atoms with Crippen molar-refractivity contribution in [1.82, 2.24) is 0 Å². The average molecular weight is 461 g/mol. The predicted molar refractivity (Wildman–Crippen MR) is 131 cm³/mol. The number of aliphatic hydroxyl groups is 2. The Kier molecular flexibility index (Phi) is 20.4. The molecule has 0 rings (SSSR count). The highest BCUT2D eigenvalue weighted by Crippen LogP contribution is 2.14. The van der Waals surface area contributed by atoms with E-state index in [2.05, 4.69) is 6.92 Å². The zero-order chi connectivity index (χ0) is 24.1. The number of carbonyl (C=O) groups excluding carboxylic acids is 1. The van der Waals surface area contributed by atoms with E-state index < -0.39 is 19.0 Å². The predicted octanol–water partition coefficient (Wildman–Crippen LogP) is 5.19. The Hall–Kier alpha value is -0.690. The van der Waals surface area contributed by atoms with Gasteiger partial charge in [0.05, 0.1) is 34.4 Å². The van der Waals surface area contributed by atoms with Gasteiger partial charge in [-0.3, -0.25) is 4.79 Å². The number of carbonyl (C=O) groups is 1. The van der Waals surface area contributed by atoms with Gasteiger partial charge in [0, 0.05) is 6.42 Å². The van der Waals surface area contributed by atoms with E-state index in [1.54, 1.807) is 0 Å². The van der Waals surface area contributed by atoms with E-state index in [0.29, 0.717) is 24.1 Å². The third-order valence-electron chi connectivity index (χ3n) is 5.82. The van der Waals surface area contributed by atoms with Gasteiger partial charge < -0.3 is 24.2 Å². The standard InChI is InChI=1S/C26H54NO5/c1-5-6-7-8-9-10-11-12-13-14-15-16-17-18-19-20-25(29)32-24(23-28)26(30)31-22-21-27(2,3)4/h24,26,28,30H,5-23H2,1-4H3/q+1. The van der Waals surface area contributed by atoms with Crippen LogP contribution in [0.4, 0.5) is 0 Å². The Morgan fingerprint density at radius 2 is 1.22 bits per heavy atom. The van der Waals surface area contributed by atoms with Crippen LogP contribution in [0, 0.1) is 0 Å². The summed E-state index contributed by atoms with van der Waals surface area (Å²) in [4.78, 5) is 12.0. The van der Waals surface area contributed by atoms with Crippen molar-refractivity contribution >= 4 is 5.97 Å². The number of nitrogens with zero attached hydrogens (tertiary/aromatic N) is 1. The lowest BCUT2D eigenvalue weighted by atomic mass is 10.0. The quantitative estimate of drug-likeness (QED) is 0.0949. The molecular weight excluding hydrogens is 406 g/mol. The van der Waals surface area contributed by atoms with Gasteiger partial charge in [0.2, 0.25) is 0 Å². The Bertz CT molecular complexity index is 425. The first-order valence-electron chi connectivity index (χ1n) is 13.2. The largest absolute Gasteiger partial charge is 0.454 e. The molecule has 0 saturated carbocycles. The molecule has 0 aliphatic carbocycles. The number of esters is 1. The number of ether oxygens (including phenoxy) is 2. The zero-order valence-electron chi connectivity index (χ0n) is 21.7. The van der Waals surface area contributed by atoms with Crippen molar-refractivity contribution in [2.75, 3.05) is 40.9 Å². The highest BCUT2D eigenvalue weighted by molar-refractivity contribution is 5.69. The number of unbranched alkanes of at least 4 members (excludes halogenated alkanes) is 14. The number of aliphatic hydroxyl groups excluding tert-OH is 2. The maximum atomic E-state index is 12.0. The summed E-state index contributed by atoms with van der Waals surface area (Å²) in [6.45, 7) is 2.86. The normalized spacial score (nSPS) is 13.8. The molecule has 6 heteroatoms. The molecule has 0 aromatic carbocycles. The van der Waals surface area contributed by atoms with Crippen molar-refractivity contribution in [3.05, 3.63) is 0 Å². The van der Waals surface area contributed by atoms with Crippen LogP contribution in [0.1, 0.15) is 110 Å². The summed E-state index contributed by atoms with van der Waals surface area (Å²) in [6, 6.07) is 0. The van der Waals surface area contributed by atoms with E-state index in [0.717, 1.165) is 19.3 Å². The minimum Gasteiger partial charge on any atom is -0.454 e. The SMILES string of the molecule is CCCCCCCCCCCCCCCCCC(=O)OC(CO)C(O)OCC[N+](C)(C)C. The van der Waals surface area contributed by atoms with E-state index in [4.69, 9.17) is 9.47 Å². The second-order valence-electron chi connectivity index (χ2n) is 10.2. The van der Waals surface area contributed by atoms with E-state index >= 15 is 0 Å². The third-order valence-corrected chi connectivity index (χ3v) is 5.82. The summed E-state index contributed by atoms with van der Waals surface area (Å²) in [6.07, 6.45) is 17.2. The van der Waals surface area contributed by atoms with Crippen LogP contribution in [0.5, 0.6) is 0 Å². The summed E-state index contributed by atoms with van der Waals surface area (Å²) in [7, 11) is 6.07. The lowest BCUT2D eigenvalue weighted by Crippen LogP contribution is -2.41. The molecule has 32 heavy (non-hydrogen) atoms. The highest BCUT2D eigenvalue weighted by atomic mass is 16.6. The molecule has 0 aliphatic heterocycles. The van der Waals surface area contributed by atoms with Crippen LogP contribution in [0.3, 0.4) is 0 Å². The molecule has 0 saturated heterocycles. The Morgan fingerprint density at radius 3 is 1.62 bits per heavy atom. The minimum absolute atomic E-state index is 0.320. The van der Waals surface area contributed by atoms with Gasteiger partial charge in [-0.05, 0) is 6.42 Å². The van der Waals surface area contributed by atoms with Crippen LogP contribution in [0.2, 0.25) is 0 Å². The summed E-state index contributed by atoms with van der Waals surface area (Å²) in [5.41, 5.74) is 0. The fourth-order valence-electron chi connectivity index (χ4n) is 3.61. The van der Waals surface area contributed by atoms with Crippen LogP contribution in [-0.4, -0.2) is 74.0 Å². The molecule has 2 atom stereocenters. The van der Waals surface area contributed by atoms with Gasteiger partial charge in [0.25, 0.3) is 0 Å². The molecule has 0 amide bonds. The first kappa shape index (κ1) is 31.3. The van der Waals surface area contributed by atoms with E-state index in [-0.39, 0.29) is 5.97 Å². The maximum absolute atomic E-state index is 12.0. The lowest BCUT2D eigenvalue weighted by molar-refractivity contribution is -0.871. The van der Waals surface area contributed by atoms with Crippen LogP contribution in [0.15, 0.2) is 0 Å². The fraction of sp³-hybridized carbons (Fsp3) is 0.962. The molecule has 0 bridgehead atoms. The van der Waals surface area contributed by atoms with Crippen LogP contribution in [-0.2, 0) is 14.3 Å². The fourth-order valence-corrected chi connectivity index (χ4v) is 3.61. The van der Waals surface area contributed by atoms with Crippen molar-refractivity contribution in [2.45, 2.75) is 122 Å². The highest BCUT2D eigenvalue weighted by Gasteiger charge is 2.24. The van der Waals surface area contributed by atoms with E-state index in [1.165, 1.54) is 77.0 Å². The topological polar surface area (TPSA) is 76.0 Å². The van der Waals surface area contributed by atoms with Gasteiger partial charge >= 0.3 is 5.97 Å². The second-order valence-corrected chi connectivity index (χ2v) is 10.2. The Labute approximate surface area is 198 Å². The van der Waals surface area contributed by atoms with Gasteiger partial charge in [-0.25, -0.2) is 0 Å². The van der Waals surface area contributed by atoms with Gasteiger partial charge in [0.15, 0.2) is 12.4 Å². The average Bonchev–Trinajstić information content (AvgIpc) is 2.73. The molecule has 0 aromatic rings. The summed E-state index contributed by atoms with van der Waals surface area (Å²) in [5.74, 6) is -0.381. The molecular formula is C26H54NO5+. The number of hydrogen-bond acceptors (Lipinski definition) is 5. The van der Waals surface area contributed by atoms with Crippen LogP contribution >= 0.6 is 0 Å². The first-order chi connectivity index (χ1) is 15.3. The number of likely N-dealkylation sites (N-methyl/N-ethyl adjacent to an activating group) is 1. The summed E-state index contributed by atoms with van der Waals surface area (Å²) in [5, 5.41) is 19.4. The Morgan fingerprint density at radius 1 is 0.781 bits per heavy atom. The monoisotopic (exact) mass is 460 g/mol. The molecule has 192 valence electrons. The van der Waals surface area contributed by atoms with Gasteiger partial charge in [-0.2, -0.15) is 0 Å². The van der Waals surface area contributed by atoms with Crippen molar-refractivity contribution < 1.29 is 29.0 Å². The molecule has 0 fully saturated rings. The van der Waals surface area contributed by atoms with Crippen molar-refractivity contribution in [1.29, 1.82) is 0 Å². The molecule has 0 radical (unpaired) electrons. The zero-order valence-corrected chi connectivity index (χ0v) is 21.7. The minimum atomic E-state index is -1.29. The molecule has 0 aromatic heterocycles. The van der Waals surface area contributed by atoms with E-state index in [9.17, 15) is 15.0 Å². The van der Waals surface area contributed by atoms with Gasteiger partial charge in [-0.15, -0.1) is 0 Å². The van der Waals surface area contributed by atoms with Crippen molar-refractivity contribution in [2.24, 2.45) is 0 Å². The van der Waals surface area contributed by atoms with E-state index in [1.807, 2.05) is 21.1 Å². The summed E-state index contributed by atoms with van der Waals surface area (Å²) >= 11 is 0. The van der Waals surface area contributed by atoms with Gasteiger partial charge in [-0.1, -0.05) is 96.8 Å². The number of rotatable bonds is 23. The van der Waals surface area contributed by atoms with Gasteiger partial charge in [0.1, 0.15) is 6.54 Å². The lowest BCUT2D eigenvalue weighted by Gasteiger charge is -2.26. The molecule has 6 nitrogen and oxygen atoms in total. The van der Waals surface area contributed by atoms with Crippen molar-refractivity contribution in [3.8, 4) is 0 Å². The van der Waals surface area contributed by atoms with Crippen LogP contribution < -0.4 is 0 Å². The van der Waals surface area contributed by atoms with Crippen LogP contribution in [0.25, 0.3) is 0 Å². The van der Waals surface area contributed by atoms with Crippen molar-refractivity contribution in [3.63, 3.8) is 0 Å². The number of hydrogen-bond donors (Lipinski definition) is 2.